The number of fused-ring (bicyclic) bond motifs is 1. The van der Waals surface area contributed by atoms with Crippen molar-refractivity contribution < 1.29 is 4.39 Å². The summed E-state index contributed by atoms with van der Waals surface area (Å²) in [5.74, 6) is -0.0724. The molecule has 4 rings (SSSR count). The summed E-state index contributed by atoms with van der Waals surface area (Å²) in [5.41, 5.74) is 3.43. The number of halogens is 2. The standard InChI is InChI=1S/C23H29BrFN3/c1-27-12-13-28(23(16-27)17-6-3-2-4-7-17)11-5-10-26-22-9-8-19-20(22)14-18(24)15-21(19)25/h2-4,6-7,14-15,22-23,26H,5,8-13,16H2,1H3. The number of benzene rings is 2. The molecule has 5 heteroatoms. The minimum absolute atomic E-state index is 0.0724. The molecule has 0 bridgehead atoms. The average molecular weight is 446 g/mol. The molecule has 2 aliphatic rings. The minimum atomic E-state index is -0.0724. The fourth-order valence-electron chi connectivity index (χ4n) is 4.63. The van der Waals surface area contributed by atoms with Crippen LogP contribution in [0.2, 0.25) is 0 Å². The van der Waals surface area contributed by atoms with Crippen LogP contribution < -0.4 is 5.32 Å². The Balaban J connectivity index is 1.32. The highest BCUT2D eigenvalue weighted by molar-refractivity contribution is 9.10. The number of rotatable bonds is 6. The lowest BCUT2D eigenvalue weighted by Crippen LogP contribution is -2.47. The zero-order valence-corrected chi connectivity index (χ0v) is 18.1. The molecule has 0 aromatic heterocycles. The molecule has 1 aliphatic carbocycles. The van der Waals surface area contributed by atoms with Gasteiger partial charge in [0.25, 0.3) is 0 Å². The largest absolute Gasteiger partial charge is 0.310 e. The van der Waals surface area contributed by atoms with Gasteiger partial charge in [-0.25, -0.2) is 4.39 Å². The Morgan fingerprint density at radius 1 is 1.18 bits per heavy atom. The molecule has 150 valence electrons. The number of nitrogens with zero attached hydrogens (tertiary/aromatic N) is 2. The third-order valence-corrected chi connectivity index (χ3v) is 6.60. The van der Waals surface area contributed by atoms with Crippen molar-refractivity contribution in [2.45, 2.75) is 31.3 Å². The van der Waals surface area contributed by atoms with Crippen LogP contribution in [0.1, 0.15) is 41.6 Å². The molecule has 28 heavy (non-hydrogen) atoms. The van der Waals surface area contributed by atoms with Crippen molar-refractivity contribution in [2.24, 2.45) is 0 Å². The van der Waals surface area contributed by atoms with E-state index in [2.05, 4.69) is 74.5 Å². The predicted molar refractivity (Wildman–Crippen MR) is 116 cm³/mol. The summed E-state index contributed by atoms with van der Waals surface area (Å²) >= 11 is 3.43. The molecular formula is C23H29BrFN3. The molecule has 0 spiro atoms. The second-order valence-corrected chi connectivity index (χ2v) is 8.99. The number of piperazine rings is 1. The molecular weight excluding hydrogens is 417 g/mol. The first kappa shape index (κ1) is 20.0. The highest BCUT2D eigenvalue weighted by Crippen LogP contribution is 2.35. The molecule has 0 amide bonds. The van der Waals surface area contributed by atoms with Gasteiger partial charge < -0.3 is 10.2 Å². The van der Waals surface area contributed by atoms with Crippen molar-refractivity contribution in [1.29, 1.82) is 0 Å². The van der Waals surface area contributed by atoms with E-state index < -0.39 is 0 Å². The Hall–Kier alpha value is -1.27. The van der Waals surface area contributed by atoms with Crippen LogP contribution in [-0.4, -0.2) is 49.6 Å². The molecule has 1 N–H and O–H groups in total. The average Bonchev–Trinajstić information content (AvgIpc) is 3.10. The van der Waals surface area contributed by atoms with Crippen LogP contribution in [0.25, 0.3) is 0 Å². The molecule has 1 saturated heterocycles. The summed E-state index contributed by atoms with van der Waals surface area (Å²) in [6.07, 6.45) is 2.93. The molecule has 2 aromatic rings. The summed E-state index contributed by atoms with van der Waals surface area (Å²) in [7, 11) is 2.21. The topological polar surface area (TPSA) is 18.5 Å². The lowest BCUT2D eigenvalue weighted by atomic mass is 10.0. The molecule has 2 atom stereocenters. The second kappa shape index (κ2) is 9.04. The predicted octanol–water partition coefficient (Wildman–Crippen LogP) is 4.54. The summed E-state index contributed by atoms with van der Waals surface area (Å²) in [4.78, 5) is 5.05. The van der Waals surface area contributed by atoms with Gasteiger partial charge in [0.1, 0.15) is 5.82 Å². The van der Waals surface area contributed by atoms with E-state index in [1.54, 1.807) is 6.07 Å². The summed E-state index contributed by atoms with van der Waals surface area (Å²) in [5, 5.41) is 3.67. The van der Waals surface area contributed by atoms with Crippen molar-refractivity contribution in [2.75, 3.05) is 39.8 Å². The zero-order chi connectivity index (χ0) is 19.5. The van der Waals surface area contributed by atoms with E-state index in [9.17, 15) is 4.39 Å². The molecule has 0 saturated carbocycles. The first-order chi connectivity index (χ1) is 13.6. The summed E-state index contributed by atoms with van der Waals surface area (Å²) in [6.45, 7) is 5.38. The van der Waals surface area contributed by atoms with E-state index in [1.807, 2.05) is 0 Å². The van der Waals surface area contributed by atoms with Gasteiger partial charge in [-0.2, -0.15) is 0 Å². The molecule has 1 heterocycles. The molecule has 1 fully saturated rings. The fourth-order valence-corrected chi connectivity index (χ4v) is 5.08. The molecule has 1 aliphatic heterocycles. The van der Waals surface area contributed by atoms with Gasteiger partial charge in [0.15, 0.2) is 0 Å². The Morgan fingerprint density at radius 2 is 2.00 bits per heavy atom. The summed E-state index contributed by atoms with van der Waals surface area (Å²) in [6, 6.07) is 15.3. The zero-order valence-electron chi connectivity index (χ0n) is 16.5. The van der Waals surface area contributed by atoms with Crippen molar-refractivity contribution in [3.05, 3.63) is 69.4 Å². The third-order valence-electron chi connectivity index (χ3n) is 6.14. The van der Waals surface area contributed by atoms with E-state index in [0.717, 1.165) is 67.6 Å². The normalized spacial score (nSPS) is 23.1. The van der Waals surface area contributed by atoms with Gasteiger partial charge in [-0.1, -0.05) is 46.3 Å². The van der Waals surface area contributed by atoms with E-state index in [1.165, 1.54) is 5.56 Å². The fraction of sp³-hybridized carbons (Fsp3) is 0.478. The van der Waals surface area contributed by atoms with Crippen LogP contribution in [0.3, 0.4) is 0 Å². The second-order valence-electron chi connectivity index (χ2n) is 8.08. The third kappa shape index (κ3) is 4.48. The van der Waals surface area contributed by atoms with E-state index in [-0.39, 0.29) is 11.9 Å². The maximum absolute atomic E-state index is 14.1. The minimum Gasteiger partial charge on any atom is -0.310 e. The molecule has 3 nitrogen and oxygen atoms in total. The van der Waals surface area contributed by atoms with Crippen molar-refractivity contribution in [3.63, 3.8) is 0 Å². The quantitative estimate of drug-likeness (QED) is 0.658. The van der Waals surface area contributed by atoms with E-state index in [0.29, 0.717) is 6.04 Å². The first-order valence-electron chi connectivity index (χ1n) is 10.3. The SMILES string of the molecule is CN1CCN(CCCNC2CCc3c(F)cc(Br)cc32)C(c2ccccc2)C1. The van der Waals surface area contributed by atoms with Crippen LogP contribution in [0.5, 0.6) is 0 Å². The Labute approximate surface area is 176 Å². The van der Waals surface area contributed by atoms with Crippen molar-refractivity contribution >= 4 is 15.9 Å². The maximum atomic E-state index is 14.1. The number of hydrogen-bond donors (Lipinski definition) is 1. The van der Waals surface area contributed by atoms with Crippen molar-refractivity contribution in [3.8, 4) is 0 Å². The van der Waals surface area contributed by atoms with Crippen LogP contribution in [-0.2, 0) is 6.42 Å². The van der Waals surface area contributed by atoms with Crippen LogP contribution in [0.4, 0.5) is 4.39 Å². The van der Waals surface area contributed by atoms with Crippen LogP contribution in [0.15, 0.2) is 46.9 Å². The Kier molecular flexibility index (Phi) is 6.46. The van der Waals surface area contributed by atoms with Gasteiger partial charge in [0, 0.05) is 42.7 Å². The van der Waals surface area contributed by atoms with E-state index >= 15 is 0 Å². The van der Waals surface area contributed by atoms with Gasteiger partial charge in [0.05, 0.1) is 0 Å². The molecule has 2 aromatic carbocycles. The van der Waals surface area contributed by atoms with Crippen molar-refractivity contribution in [1.82, 2.24) is 15.1 Å². The van der Waals surface area contributed by atoms with E-state index in [4.69, 9.17) is 0 Å². The Bertz CT molecular complexity index is 798. The van der Waals surface area contributed by atoms with Gasteiger partial charge in [-0.05, 0) is 61.7 Å². The summed E-state index contributed by atoms with van der Waals surface area (Å²) < 4.78 is 15.0. The number of nitrogens with one attached hydrogen (secondary N) is 1. The molecule has 0 radical (unpaired) electrons. The number of hydrogen-bond acceptors (Lipinski definition) is 3. The number of likely N-dealkylation sites (N-methyl/N-ethyl adjacent to an activating group) is 1. The van der Waals surface area contributed by atoms with Crippen LogP contribution >= 0.6 is 15.9 Å². The maximum Gasteiger partial charge on any atom is 0.127 e. The smallest absolute Gasteiger partial charge is 0.127 e. The highest BCUT2D eigenvalue weighted by atomic mass is 79.9. The van der Waals surface area contributed by atoms with Gasteiger partial charge >= 0.3 is 0 Å². The highest BCUT2D eigenvalue weighted by Gasteiger charge is 2.27. The molecule has 2 unspecified atom stereocenters. The van der Waals surface area contributed by atoms with Gasteiger partial charge in [-0.3, -0.25) is 4.90 Å². The van der Waals surface area contributed by atoms with Crippen LogP contribution in [0, 0.1) is 5.82 Å². The monoisotopic (exact) mass is 445 g/mol. The van der Waals surface area contributed by atoms with Gasteiger partial charge in [0.2, 0.25) is 0 Å². The lowest BCUT2D eigenvalue weighted by molar-refractivity contribution is 0.0886. The lowest BCUT2D eigenvalue weighted by Gasteiger charge is -2.40. The van der Waals surface area contributed by atoms with Gasteiger partial charge in [-0.15, -0.1) is 0 Å². The Morgan fingerprint density at radius 3 is 2.82 bits per heavy atom. The first-order valence-corrected chi connectivity index (χ1v) is 11.1.